The summed E-state index contributed by atoms with van der Waals surface area (Å²) in [7, 11) is 1.58. The molecule has 0 saturated heterocycles. The number of hydrogen-bond donors (Lipinski definition) is 2. The van der Waals surface area contributed by atoms with Gasteiger partial charge in [0.2, 0.25) is 17.7 Å². The number of rotatable bonds is 12. The third kappa shape index (κ3) is 8.86. The Kier molecular flexibility index (Phi) is 10.8. The first-order chi connectivity index (χ1) is 19.9. The number of benzene rings is 2. The van der Waals surface area contributed by atoms with Crippen LogP contribution in [0.4, 0.5) is 10.2 Å². The van der Waals surface area contributed by atoms with Gasteiger partial charge in [-0.05, 0) is 66.8 Å². The SMILES string of the molecule is COc1ccc(CN(C(=O)CCCC(=O)Nc2ccccn2)[C@H](C(=O)NC2CCCCC2)c2ccc(F)cc2)cc1. The molecule has 0 bridgehead atoms. The third-order valence-electron chi connectivity index (χ3n) is 7.26. The van der Waals surface area contributed by atoms with Crippen LogP contribution in [0.25, 0.3) is 0 Å². The lowest BCUT2D eigenvalue weighted by Gasteiger charge is -2.33. The lowest BCUT2D eigenvalue weighted by Crippen LogP contribution is -2.46. The number of anilines is 1. The number of methoxy groups -OCH3 is 1. The fourth-order valence-electron chi connectivity index (χ4n) is 5.08. The molecule has 1 aromatic heterocycles. The maximum absolute atomic E-state index is 13.9. The number of ether oxygens (including phenoxy) is 1. The van der Waals surface area contributed by atoms with Gasteiger partial charge in [0.05, 0.1) is 7.11 Å². The van der Waals surface area contributed by atoms with Crippen LogP contribution in [0.5, 0.6) is 5.75 Å². The number of carbonyl (C=O) groups excluding carboxylic acids is 3. The Hall–Kier alpha value is -4.27. The van der Waals surface area contributed by atoms with Crippen LogP contribution < -0.4 is 15.4 Å². The third-order valence-corrected chi connectivity index (χ3v) is 7.26. The molecule has 9 heteroatoms. The van der Waals surface area contributed by atoms with Crippen molar-refractivity contribution in [2.24, 2.45) is 0 Å². The van der Waals surface area contributed by atoms with E-state index in [-0.39, 0.29) is 49.6 Å². The number of nitrogens with one attached hydrogen (secondary N) is 2. The summed E-state index contributed by atoms with van der Waals surface area (Å²) in [6.45, 7) is 0.156. The van der Waals surface area contributed by atoms with Crippen molar-refractivity contribution < 1.29 is 23.5 Å². The Bertz CT molecular complexity index is 1280. The van der Waals surface area contributed by atoms with Crippen molar-refractivity contribution in [1.29, 1.82) is 0 Å². The highest BCUT2D eigenvalue weighted by Gasteiger charge is 2.33. The summed E-state index contributed by atoms with van der Waals surface area (Å²) >= 11 is 0. The minimum Gasteiger partial charge on any atom is -0.497 e. The molecule has 4 rings (SSSR count). The monoisotopic (exact) mass is 560 g/mol. The minimum absolute atomic E-state index is 0.0347. The molecule has 216 valence electrons. The molecule has 2 aromatic carbocycles. The van der Waals surface area contributed by atoms with E-state index in [1.54, 1.807) is 55.8 Å². The summed E-state index contributed by atoms with van der Waals surface area (Å²) in [6.07, 6.45) is 7.06. The number of amides is 3. The number of aromatic nitrogens is 1. The highest BCUT2D eigenvalue weighted by atomic mass is 19.1. The molecule has 0 spiro atoms. The molecule has 1 heterocycles. The number of carbonyl (C=O) groups is 3. The van der Waals surface area contributed by atoms with E-state index in [0.717, 1.165) is 37.7 Å². The van der Waals surface area contributed by atoms with Gasteiger partial charge in [-0.1, -0.05) is 49.6 Å². The molecule has 41 heavy (non-hydrogen) atoms. The number of pyridine rings is 1. The van der Waals surface area contributed by atoms with Crippen molar-refractivity contribution in [3.63, 3.8) is 0 Å². The van der Waals surface area contributed by atoms with E-state index in [2.05, 4.69) is 15.6 Å². The van der Waals surface area contributed by atoms with Crippen LogP contribution >= 0.6 is 0 Å². The van der Waals surface area contributed by atoms with E-state index in [9.17, 15) is 18.8 Å². The summed E-state index contributed by atoms with van der Waals surface area (Å²) in [6, 6.07) is 17.3. The van der Waals surface area contributed by atoms with Crippen LogP contribution in [-0.4, -0.2) is 40.8 Å². The second-order valence-electron chi connectivity index (χ2n) is 10.3. The maximum Gasteiger partial charge on any atom is 0.247 e. The van der Waals surface area contributed by atoms with Crippen molar-refractivity contribution >= 4 is 23.5 Å². The fraction of sp³-hybridized carbons (Fsp3) is 0.375. The summed E-state index contributed by atoms with van der Waals surface area (Å²) in [5, 5.41) is 5.88. The largest absolute Gasteiger partial charge is 0.497 e. The zero-order chi connectivity index (χ0) is 29.0. The molecular formula is C32H37FN4O4. The Morgan fingerprint density at radius 3 is 2.37 bits per heavy atom. The van der Waals surface area contributed by atoms with Crippen molar-refractivity contribution in [1.82, 2.24) is 15.2 Å². The van der Waals surface area contributed by atoms with E-state index in [4.69, 9.17) is 4.74 Å². The molecule has 0 unspecified atom stereocenters. The van der Waals surface area contributed by atoms with Gasteiger partial charge in [0.25, 0.3) is 0 Å². The topological polar surface area (TPSA) is 101 Å². The highest BCUT2D eigenvalue weighted by Crippen LogP contribution is 2.27. The number of hydrogen-bond acceptors (Lipinski definition) is 5. The molecule has 0 aliphatic heterocycles. The van der Waals surface area contributed by atoms with Gasteiger partial charge < -0.3 is 20.3 Å². The van der Waals surface area contributed by atoms with Crippen molar-refractivity contribution in [3.8, 4) is 5.75 Å². The second-order valence-corrected chi connectivity index (χ2v) is 10.3. The van der Waals surface area contributed by atoms with E-state index in [1.165, 1.54) is 17.0 Å². The summed E-state index contributed by atoms with van der Waals surface area (Å²) in [4.78, 5) is 45.7. The Morgan fingerprint density at radius 1 is 0.976 bits per heavy atom. The molecule has 1 aliphatic carbocycles. The molecular weight excluding hydrogens is 523 g/mol. The molecule has 1 fully saturated rings. The van der Waals surface area contributed by atoms with Crippen molar-refractivity contribution in [2.45, 2.75) is 70.0 Å². The first-order valence-corrected chi connectivity index (χ1v) is 14.1. The van der Waals surface area contributed by atoms with Gasteiger partial charge in [-0.25, -0.2) is 9.37 Å². The van der Waals surface area contributed by atoms with Gasteiger partial charge in [-0.2, -0.15) is 0 Å². The molecule has 1 atom stereocenters. The smallest absolute Gasteiger partial charge is 0.247 e. The van der Waals surface area contributed by atoms with Gasteiger partial charge >= 0.3 is 0 Å². The average molecular weight is 561 g/mol. The Balaban J connectivity index is 1.55. The zero-order valence-electron chi connectivity index (χ0n) is 23.4. The predicted octanol–water partition coefficient (Wildman–Crippen LogP) is 5.56. The van der Waals surface area contributed by atoms with Gasteiger partial charge in [-0.3, -0.25) is 14.4 Å². The zero-order valence-corrected chi connectivity index (χ0v) is 23.4. The molecule has 1 saturated carbocycles. The van der Waals surface area contributed by atoms with Gasteiger partial charge in [0.1, 0.15) is 23.4 Å². The van der Waals surface area contributed by atoms with E-state index in [1.807, 2.05) is 12.1 Å². The van der Waals surface area contributed by atoms with Crippen LogP contribution in [-0.2, 0) is 20.9 Å². The van der Waals surface area contributed by atoms with Crippen LogP contribution in [0.3, 0.4) is 0 Å². The van der Waals surface area contributed by atoms with Gasteiger partial charge in [0.15, 0.2) is 0 Å². The van der Waals surface area contributed by atoms with Crippen LogP contribution in [0.15, 0.2) is 72.9 Å². The summed E-state index contributed by atoms with van der Waals surface area (Å²) in [5.41, 5.74) is 1.33. The van der Waals surface area contributed by atoms with Gasteiger partial charge in [-0.15, -0.1) is 0 Å². The minimum atomic E-state index is -0.963. The lowest BCUT2D eigenvalue weighted by molar-refractivity contribution is -0.142. The maximum atomic E-state index is 13.9. The van der Waals surface area contributed by atoms with Crippen molar-refractivity contribution in [2.75, 3.05) is 12.4 Å². The van der Waals surface area contributed by atoms with Gasteiger partial charge in [0, 0.05) is 31.6 Å². The highest BCUT2D eigenvalue weighted by molar-refractivity contribution is 5.91. The average Bonchev–Trinajstić information content (AvgIpc) is 2.99. The van der Waals surface area contributed by atoms with E-state index >= 15 is 0 Å². The van der Waals surface area contributed by atoms with E-state index in [0.29, 0.717) is 17.1 Å². The Morgan fingerprint density at radius 2 is 1.71 bits per heavy atom. The predicted molar refractivity (Wildman–Crippen MR) is 154 cm³/mol. The molecule has 8 nitrogen and oxygen atoms in total. The Labute approximate surface area is 240 Å². The standard InChI is InChI=1S/C32H37FN4O4/c1-41-27-19-13-23(14-20-27)22-37(30(39)12-7-11-29(38)36-28-10-5-6-21-34-28)31(24-15-17-25(33)18-16-24)32(40)35-26-8-3-2-4-9-26/h5-6,10,13-21,26,31H,2-4,7-9,11-12,22H2,1H3,(H,35,40)(H,34,36,38)/t31-/m0/s1. The summed E-state index contributed by atoms with van der Waals surface area (Å²) < 4.78 is 19.1. The molecule has 0 radical (unpaired) electrons. The van der Waals surface area contributed by atoms with Crippen LogP contribution in [0, 0.1) is 5.82 Å². The molecule has 3 amide bonds. The van der Waals surface area contributed by atoms with Crippen LogP contribution in [0.1, 0.15) is 68.5 Å². The quantitative estimate of drug-likeness (QED) is 0.302. The van der Waals surface area contributed by atoms with E-state index < -0.39 is 11.9 Å². The molecule has 1 aliphatic rings. The fourth-order valence-corrected chi connectivity index (χ4v) is 5.08. The second kappa shape index (κ2) is 14.9. The molecule has 2 N–H and O–H groups in total. The number of nitrogens with zero attached hydrogens (tertiary/aromatic N) is 2. The lowest BCUT2D eigenvalue weighted by atomic mass is 9.94. The molecule has 3 aromatic rings. The van der Waals surface area contributed by atoms with Crippen LogP contribution in [0.2, 0.25) is 0 Å². The normalized spacial score (nSPS) is 14.1. The number of halogens is 1. The first-order valence-electron chi connectivity index (χ1n) is 14.1. The first kappa shape index (κ1) is 29.7. The van der Waals surface area contributed by atoms with Crippen molar-refractivity contribution in [3.05, 3.63) is 89.9 Å². The summed E-state index contributed by atoms with van der Waals surface area (Å²) in [5.74, 6) is -0.121.